The van der Waals surface area contributed by atoms with E-state index in [0.717, 1.165) is 12.8 Å². The summed E-state index contributed by atoms with van der Waals surface area (Å²) in [5, 5.41) is 64.3. The number of hydrogen-bond donors (Lipinski definition) is 5. The molecular weight excluding hydrogens is 789 g/mol. The molecule has 0 aromatic heterocycles. The van der Waals surface area contributed by atoms with E-state index in [4.69, 9.17) is 33.3 Å². The molecule has 61 heavy (non-hydrogen) atoms. The van der Waals surface area contributed by atoms with Gasteiger partial charge < -0.3 is 63.7 Å². The molecule has 1 aliphatic carbocycles. The molecule has 15 nitrogen and oxygen atoms in total. The van der Waals surface area contributed by atoms with Gasteiger partial charge in [-0.2, -0.15) is 0 Å². The van der Waals surface area contributed by atoms with Gasteiger partial charge in [0.1, 0.15) is 30.5 Å². The predicted octanol–water partition coefficient (Wildman–Crippen LogP) is 4.95. The summed E-state index contributed by atoms with van der Waals surface area (Å²) in [5.41, 5.74) is -4.26. The topological polar surface area (TPSA) is 198 Å². The first-order valence-corrected chi connectivity index (χ1v) is 23.2. The zero-order valence-electron chi connectivity index (χ0n) is 39.6. The Hall–Kier alpha value is -1.50. The van der Waals surface area contributed by atoms with Crippen molar-refractivity contribution in [1.29, 1.82) is 0 Å². The lowest BCUT2D eigenvalue weighted by Gasteiger charge is -2.49. The summed E-state index contributed by atoms with van der Waals surface area (Å²) >= 11 is 0. The quantitative estimate of drug-likeness (QED) is 0.100. The molecule has 4 fully saturated rings. The number of carbonyl (C=O) groups excluding carboxylic acids is 1. The highest BCUT2D eigenvalue weighted by atomic mass is 16.7. The molecule has 1 saturated carbocycles. The monoisotopic (exact) mass is 873 g/mol. The molecule has 4 aliphatic rings. The average molecular weight is 873 g/mol. The highest BCUT2D eigenvalue weighted by molar-refractivity contribution is 5.88. The Labute approximate surface area is 366 Å². The molecule has 0 aromatic rings. The van der Waals surface area contributed by atoms with Crippen LogP contribution in [0.25, 0.3) is 0 Å². The van der Waals surface area contributed by atoms with Crippen molar-refractivity contribution >= 4 is 11.7 Å². The standard InChI is InChI=1S/C46H84N2O13/c1-14-34-46(10,54)39(50)28(4)36(47-56-22-18-21-32-19-16-15-17-20-32)26(2)24-44(8,53)41(61-43-37(49)33(48(11)12)23-27(3)57-43)29(5)38(30(6)42(52)59-34)60-35-25-45(9,55-13)40(51)31(7)58-35/h26-35,37-41,43,49-51,53-54H,14-25H2,1-13H3/b47-36+/t26-,27-,28+,29+,30-,31+,33+,34-,35+,37-,38+,39-,40+,41-,43+,44-,45-,46-/m1/s1. The molecule has 4 rings (SSSR count). The lowest BCUT2D eigenvalue weighted by molar-refractivity contribution is -0.317. The summed E-state index contributed by atoms with van der Waals surface area (Å²) in [6.45, 7) is 17.7. The van der Waals surface area contributed by atoms with Crippen molar-refractivity contribution in [3.63, 3.8) is 0 Å². The Morgan fingerprint density at radius 3 is 2.15 bits per heavy atom. The summed E-state index contributed by atoms with van der Waals surface area (Å²) in [6.07, 6.45) is -0.921. The number of likely N-dealkylation sites (N-methyl/N-ethyl adjacent to an activating group) is 1. The molecule has 0 spiro atoms. The van der Waals surface area contributed by atoms with Gasteiger partial charge >= 0.3 is 5.97 Å². The van der Waals surface area contributed by atoms with Crippen LogP contribution >= 0.6 is 0 Å². The first kappa shape index (κ1) is 52.1. The number of aliphatic hydroxyl groups excluding tert-OH is 3. The third kappa shape index (κ3) is 12.7. The van der Waals surface area contributed by atoms with Crippen LogP contribution in [-0.2, 0) is 38.1 Å². The molecule has 0 amide bonds. The van der Waals surface area contributed by atoms with E-state index in [1.54, 1.807) is 41.5 Å². The maximum Gasteiger partial charge on any atom is 0.311 e. The molecule has 3 heterocycles. The SMILES string of the molecule is CC[C@H]1OC(=O)[C@H](C)[C@@H](O[C@H]2C[C@@](C)(OC)[C@@H](O)[C@H](C)O2)[C@H](C)[C@@H](O[C@@H]2O[C@H](C)C[C@H](N(C)C)[C@H]2O)[C@](C)(O)C[C@@H](C)/C(=N\OCCCC2CCCCC2)[C@H](C)[C@@H](O)[C@]1(C)O. The van der Waals surface area contributed by atoms with Crippen LogP contribution < -0.4 is 0 Å². The maximum atomic E-state index is 14.4. The summed E-state index contributed by atoms with van der Waals surface area (Å²) in [4.78, 5) is 22.3. The van der Waals surface area contributed by atoms with Gasteiger partial charge in [-0.05, 0) is 93.7 Å². The van der Waals surface area contributed by atoms with Crippen molar-refractivity contribution < 1.29 is 63.6 Å². The van der Waals surface area contributed by atoms with Gasteiger partial charge in [0.25, 0.3) is 0 Å². The number of carbonyl (C=O) groups is 1. The maximum absolute atomic E-state index is 14.4. The number of aliphatic hydroxyl groups is 5. The Morgan fingerprint density at radius 1 is 0.885 bits per heavy atom. The molecular formula is C46H84N2O13. The third-order valence-corrected chi connectivity index (χ3v) is 14.6. The largest absolute Gasteiger partial charge is 0.459 e. The zero-order chi connectivity index (χ0) is 45.6. The van der Waals surface area contributed by atoms with E-state index in [-0.39, 0.29) is 31.4 Å². The van der Waals surface area contributed by atoms with E-state index in [2.05, 4.69) is 5.16 Å². The van der Waals surface area contributed by atoms with E-state index in [1.165, 1.54) is 46.1 Å². The third-order valence-electron chi connectivity index (χ3n) is 14.6. The van der Waals surface area contributed by atoms with Crippen molar-refractivity contribution in [2.24, 2.45) is 34.7 Å². The highest BCUT2D eigenvalue weighted by Gasteiger charge is 2.53. The van der Waals surface area contributed by atoms with E-state index in [1.807, 2.05) is 39.8 Å². The Bertz CT molecular complexity index is 1390. The number of esters is 1. The fourth-order valence-electron chi connectivity index (χ4n) is 10.6. The Morgan fingerprint density at radius 2 is 1.54 bits per heavy atom. The van der Waals surface area contributed by atoms with Crippen LogP contribution in [-0.4, -0.2) is 154 Å². The lowest BCUT2D eigenvalue weighted by Crippen LogP contribution is -2.61. The first-order chi connectivity index (χ1) is 28.5. The molecule has 5 N–H and O–H groups in total. The minimum absolute atomic E-state index is 0.0363. The smallest absolute Gasteiger partial charge is 0.311 e. The zero-order valence-corrected chi connectivity index (χ0v) is 39.6. The molecule has 15 heteroatoms. The fraction of sp³-hybridized carbons (Fsp3) is 0.957. The van der Waals surface area contributed by atoms with Gasteiger partial charge in [-0.3, -0.25) is 4.79 Å². The molecule has 356 valence electrons. The second-order valence-corrected chi connectivity index (χ2v) is 20.1. The average Bonchev–Trinajstić information content (AvgIpc) is 3.20. The molecule has 0 unspecified atom stereocenters. The number of nitrogens with zero attached hydrogens (tertiary/aromatic N) is 2. The summed E-state index contributed by atoms with van der Waals surface area (Å²) in [7, 11) is 5.27. The predicted molar refractivity (Wildman–Crippen MR) is 230 cm³/mol. The van der Waals surface area contributed by atoms with Crippen LogP contribution in [0.3, 0.4) is 0 Å². The van der Waals surface area contributed by atoms with Crippen molar-refractivity contribution in [2.75, 3.05) is 27.8 Å². The van der Waals surface area contributed by atoms with Gasteiger partial charge in [-0.15, -0.1) is 0 Å². The number of rotatable bonds is 12. The van der Waals surface area contributed by atoms with Crippen LogP contribution in [0.4, 0.5) is 0 Å². The van der Waals surface area contributed by atoms with E-state index < -0.39 is 102 Å². The summed E-state index contributed by atoms with van der Waals surface area (Å²) in [6, 6.07) is -0.308. The van der Waals surface area contributed by atoms with Crippen molar-refractivity contribution in [1.82, 2.24) is 4.90 Å². The highest BCUT2D eigenvalue weighted by Crippen LogP contribution is 2.41. The van der Waals surface area contributed by atoms with Gasteiger partial charge in [-0.1, -0.05) is 65.0 Å². The minimum Gasteiger partial charge on any atom is -0.459 e. The van der Waals surface area contributed by atoms with Gasteiger partial charge in [0, 0.05) is 37.3 Å². The lowest BCUT2D eigenvalue weighted by atomic mass is 9.73. The van der Waals surface area contributed by atoms with Gasteiger partial charge in [-0.25, -0.2) is 0 Å². The molecule has 0 bridgehead atoms. The van der Waals surface area contributed by atoms with Gasteiger partial charge in [0.05, 0.1) is 53.4 Å². The summed E-state index contributed by atoms with van der Waals surface area (Å²) in [5.74, 6) is -3.21. The molecule has 18 atom stereocenters. The van der Waals surface area contributed by atoms with Crippen molar-refractivity contribution in [2.45, 2.75) is 224 Å². The molecule has 3 aliphatic heterocycles. The number of ether oxygens (including phenoxy) is 6. The van der Waals surface area contributed by atoms with Crippen LogP contribution in [0.15, 0.2) is 5.16 Å². The van der Waals surface area contributed by atoms with E-state index >= 15 is 0 Å². The second kappa shape index (κ2) is 22.1. The first-order valence-electron chi connectivity index (χ1n) is 23.2. The molecule has 0 radical (unpaired) electrons. The minimum atomic E-state index is -1.92. The van der Waals surface area contributed by atoms with Crippen molar-refractivity contribution in [3.05, 3.63) is 0 Å². The van der Waals surface area contributed by atoms with Gasteiger partial charge in [0.2, 0.25) is 0 Å². The van der Waals surface area contributed by atoms with Crippen LogP contribution in [0.1, 0.15) is 140 Å². The number of hydrogen-bond acceptors (Lipinski definition) is 15. The number of cyclic esters (lactones) is 1. The second-order valence-electron chi connectivity index (χ2n) is 20.1. The van der Waals surface area contributed by atoms with E-state index in [0.29, 0.717) is 24.7 Å². The van der Waals surface area contributed by atoms with Crippen LogP contribution in [0.2, 0.25) is 0 Å². The number of methoxy groups -OCH3 is 1. The van der Waals surface area contributed by atoms with E-state index in [9.17, 15) is 30.3 Å². The van der Waals surface area contributed by atoms with Gasteiger partial charge in [0.15, 0.2) is 12.6 Å². The summed E-state index contributed by atoms with van der Waals surface area (Å²) < 4.78 is 37.9. The van der Waals surface area contributed by atoms with Crippen molar-refractivity contribution in [3.8, 4) is 0 Å². The number of oxime groups is 1. The Balaban J connectivity index is 1.80. The normalized spacial score (nSPS) is 46.0. The Kier molecular flexibility index (Phi) is 18.9. The van der Waals surface area contributed by atoms with Crippen LogP contribution in [0.5, 0.6) is 0 Å². The van der Waals surface area contributed by atoms with Crippen LogP contribution in [0, 0.1) is 29.6 Å². The molecule has 0 aromatic carbocycles. The molecule has 3 saturated heterocycles. The fourth-order valence-corrected chi connectivity index (χ4v) is 10.6.